The van der Waals surface area contributed by atoms with Gasteiger partial charge in [0.05, 0.1) is 27.7 Å². The van der Waals surface area contributed by atoms with Gasteiger partial charge in [-0.2, -0.15) is 13.2 Å². The number of aromatic nitrogens is 3. The van der Waals surface area contributed by atoms with Gasteiger partial charge in [-0.15, -0.1) is 0 Å². The molecule has 0 aliphatic carbocycles. The molecule has 41 heavy (non-hydrogen) atoms. The van der Waals surface area contributed by atoms with E-state index in [0.29, 0.717) is 6.92 Å². The maximum absolute atomic E-state index is 15.4. The van der Waals surface area contributed by atoms with E-state index in [1.165, 1.54) is 36.7 Å². The first-order valence-electron chi connectivity index (χ1n) is 12.2. The summed E-state index contributed by atoms with van der Waals surface area (Å²) in [5, 5.41) is 12.4. The summed E-state index contributed by atoms with van der Waals surface area (Å²) < 4.78 is 69.2. The molecule has 0 saturated carbocycles. The van der Waals surface area contributed by atoms with Crippen LogP contribution in [0.5, 0.6) is 0 Å². The second-order valence-corrected chi connectivity index (χ2v) is 10.6. The zero-order valence-corrected chi connectivity index (χ0v) is 22.3. The van der Waals surface area contributed by atoms with Gasteiger partial charge in [0, 0.05) is 37.6 Å². The number of aliphatic hydroxyl groups is 1. The second-order valence-electron chi connectivity index (χ2n) is 10.2. The summed E-state index contributed by atoms with van der Waals surface area (Å²) in [6.45, 7) is 1.35. The van der Waals surface area contributed by atoms with Crippen molar-refractivity contribution in [1.29, 1.82) is 0 Å². The first-order chi connectivity index (χ1) is 19.1. The second kappa shape index (κ2) is 9.87. The number of nitrogens with one attached hydrogen (secondary N) is 1. The van der Waals surface area contributed by atoms with Crippen molar-refractivity contribution in [2.75, 3.05) is 29.9 Å². The third-order valence-corrected chi connectivity index (χ3v) is 7.56. The van der Waals surface area contributed by atoms with Crippen molar-refractivity contribution in [1.82, 2.24) is 19.9 Å². The normalized spacial score (nSPS) is 20.8. The highest BCUT2D eigenvalue weighted by molar-refractivity contribution is 6.30. The molecule has 1 aromatic carbocycles. The summed E-state index contributed by atoms with van der Waals surface area (Å²) in [6, 6.07) is 6.24. The molecule has 1 fully saturated rings. The number of carbonyl (C=O) groups is 2. The first-order valence-corrected chi connectivity index (χ1v) is 12.6. The summed E-state index contributed by atoms with van der Waals surface area (Å²) in [5.74, 6) is -4.03. The van der Waals surface area contributed by atoms with E-state index >= 15 is 4.39 Å². The first kappa shape index (κ1) is 28.6. The summed E-state index contributed by atoms with van der Waals surface area (Å²) in [5.41, 5.74) is -4.81. The Balaban J connectivity index is 1.48. The molecule has 15 heteroatoms. The summed E-state index contributed by atoms with van der Waals surface area (Å²) in [7, 11) is 0. The molecule has 2 atom stereocenters. The largest absolute Gasteiger partial charge is 0.426 e. The van der Waals surface area contributed by atoms with Crippen LogP contribution in [-0.4, -0.2) is 74.2 Å². The highest BCUT2D eigenvalue weighted by Crippen LogP contribution is 2.42. The molecule has 9 nitrogen and oxygen atoms in total. The molecule has 0 radical (unpaired) electrons. The smallest absolute Gasteiger partial charge is 0.373 e. The van der Waals surface area contributed by atoms with Crippen LogP contribution in [0.4, 0.5) is 33.7 Å². The number of fused-ring (bicyclic) bond motifs is 1. The molecule has 4 heterocycles. The third kappa shape index (κ3) is 4.74. The number of rotatable bonds is 5. The number of halogens is 6. The van der Waals surface area contributed by atoms with Crippen molar-refractivity contribution in [3.8, 4) is 0 Å². The Morgan fingerprint density at radius 3 is 2.54 bits per heavy atom. The molecule has 2 aromatic heterocycles. The van der Waals surface area contributed by atoms with E-state index in [1.807, 2.05) is 0 Å². The molecule has 5 rings (SSSR count). The minimum Gasteiger partial charge on any atom is -0.373 e. The van der Waals surface area contributed by atoms with Crippen LogP contribution in [0.3, 0.4) is 0 Å². The molecular formula is C26H22ClF5N6O3. The van der Waals surface area contributed by atoms with Crippen molar-refractivity contribution >= 4 is 35.2 Å². The summed E-state index contributed by atoms with van der Waals surface area (Å²) in [4.78, 5) is 40.1. The predicted molar refractivity (Wildman–Crippen MR) is 136 cm³/mol. The van der Waals surface area contributed by atoms with Crippen LogP contribution in [0.15, 0.2) is 42.7 Å². The molecule has 216 valence electrons. The van der Waals surface area contributed by atoms with E-state index in [0.717, 1.165) is 15.9 Å². The van der Waals surface area contributed by atoms with Gasteiger partial charge in [0.25, 0.3) is 11.8 Å². The van der Waals surface area contributed by atoms with Gasteiger partial charge in [0.2, 0.25) is 11.5 Å². The average Bonchev–Trinajstić information content (AvgIpc) is 2.89. The molecule has 3 aromatic rings. The average molecular weight is 597 g/mol. The van der Waals surface area contributed by atoms with Crippen LogP contribution in [0, 0.1) is 11.6 Å². The molecule has 1 saturated heterocycles. The van der Waals surface area contributed by atoms with Gasteiger partial charge in [-0.05, 0) is 32.0 Å². The lowest BCUT2D eigenvalue weighted by Crippen LogP contribution is -2.65. The van der Waals surface area contributed by atoms with E-state index in [2.05, 4.69) is 20.3 Å². The number of hydrogen-bond donors (Lipinski definition) is 2. The van der Waals surface area contributed by atoms with Gasteiger partial charge in [0.15, 0.2) is 11.6 Å². The number of nitrogens with zero attached hydrogens (tertiary/aromatic N) is 5. The van der Waals surface area contributed by atoms with Crippen LogP contribution in [0.1, 0.15) is 35.5 Å². The number of anilines is 2. The van der Waals surface area contributed by atoms with Crippen molar-refractivity contribution in [3.63, 3.8) is 0 Å². The zero-order chi connectivity index (χ0) is 29.9. The van der Waals surface area contributed by atoms with Crippen molar-refractivity contribution in [2.45, 2.75) is 37.1 Å². The fraction of sp³-hybridized carbons (Fsp3) is 0.346. The van der Waals surface area contributed by atoms with Crippen LogP contribution in [0.2, 0.25) is 5.02 Å². The Kier molecular flexibility index (Phi) is 6.89. The number of alkyl halides is 3. The SMILES string of the molecule is C[C@@]1(c2cccc(Cl)c2F)CN(c2ncccc2F)C(=O)c2cnc(NC3CN(C(=O)[C@](C)(O)C(F)(F)F)C3)nc21. The van der Waals surface area contributed by atoms with Crippen LogP contribution in [-0.2, 0) is 10.2 Å². The molecule has 0 spiro atoms. The van der Waals surface area contributed by atoms with Crippen LogP contribution >= 0.6 is 11.6 Å². The topological polar surface area (TPSA) is 112 Å². The highest BCUT2D eigenvalue weighted by atomic mass is 35.5. The molecule has 2 N–H and O–H groups in total. The van der Waals surface area contributed by atoms with Crippen LogP contribution in [0.25, 0.3) is 0 Å². The number of benzene rings is 1. The monoisotopic (exact) mass is 596 g/mol. The number of hydrogen-bond acceptors (Lipinski definition) is 7. The van der Waals surface area contributed by atoms with Gasteiger partial charge >= 0.3 is 6.18 Å². The lowest BCUT2D eigenvalue weighted by atomic mass is 9.74. The molecule has 2 aliphatic rings. The Bertz CT molecular complexity index is 1550. The molecule has 2 aliphatic heterocycles. The number of carbonyl (C=O) groups excluding carboxylic acids is 2. The number of pyridine rings is 1. The van der Waals surface area contributed by atoms with Crippen molar-refractivity contribution in [3.05, 3.63) is 76.2 Å². The highest BCUT2D eigenvalue weighted by Gasteiger charge is 2.58. The Hall–Kier alpha value is -3.91. The van der Waals surface area contributed by atoms with Gasteiger partial charge in [0.1, 0.15) is 5.82 Å². The van der Waals surface area contributed by atoms with Crippen molar-refractivity contribution < 1.29 is 36.6 Å². The van der Waals surface area contributed by atoms with Gasteiger partial charge < -0.3 is 15.3 Å². The number of likely N-dealkylation sites (tertiary alicyclic amines) is 1. The summed E-state index contributed by atoms with van der Waals surface area (Å²) >= 11 is 6.06. The zero-order valence-electron chi connectivity index (χ0n) is 21.5. The maximum Gasteiger partial charge on any atom is 0.426 e. The third-order valence-electron chi connectivity index (χ3n) is 7.27. The Morgan fingerprint density at radius 2 is 1.88 bits per heavy atom. The lowest BCUT2D eigenvalue weighted by molar-refractivity contribution is -0.251. The standard InChI is InChI=1S/C26H22ClF5N6O3/c1-24(15-5-3-6-16(27)18(15)29)12-38(20-17(28)7-4-8-33-20)21(39)14-9-34-23(36-19(14)24)35-13-10-37(11-13)22(40)25(2,41)26(30,31)32/h3-9,13,41H,10-12H2,1-2H3,(H,34,35,36)/t24-,25-/m0/s1. The minimum atomic E-state index is -5.15. The van der Waals surface area contributed by atoms with Crippen LogP contribution < -0.4 is 10.2 Å². The maximum atomic E-state index is 15.4. The minimum absolute atomic E-state index is 0.0395. The van der Waals surface area contributed by atoms with E-state index in [-0.39, 0.29) is 53.2 Å². The number of amides is 2. The summed E-state index contributed by atoms with van der Waals surface area (Å²) in [6.07, 6.45) is -2.66. The van der Waals surface area contributed by atoms with Crippen molar-refractivity contribution in [2.24, 2.45) is 0 Å². The predicted octanol–water partition coefficient (Wildman–Crippen LogP) is 3.71. The van der Waals surface area contributed by atoms with E-state index in [9.17, 15) is 32.3 Å². The molecule has 2 amide bonds. The molecular weight excluding hydrogens is 575 g/mol. The Labute approximate surface area is 235 Å². The van der Waals surface area contributed by atoms with E-state index in [4.69, 9.17) is 11.6 Å². The fourth-order valence-electron chi connectivity index (χ4n) is 4.87. The fourth-order valence-corrected chi connectivity index (χ4v) is 5.05. The van der Waals surface area contributed by atoms with Gasteiger partial charge in [-0.1, -0.05) is 23.7 Å². The van der Waals surface area contributed by atoms with Gasteiger partial charge in [-0.3, -0.25) is 14.5 Å². The van der Waals surface area contributed by atoms with Gasteiger partial charge in [-0.25, -0.2) is 23.7 Å². The van der Waals surface area contributed by atoms with E-state index < -0.39 is 46.7 Å². The quantitative estimate of drug-likeness (QED) is 0.432. The molecule has 0 unspecified atom stereocenters. The van der Waals surface area contributed by atoms with E-state index in [1.54, 1.807) is 6.92 Å². The molecule has 0 bridgehead atoms. The Morgan fingerprint density at radius 1 is 1.17 bits per heavy atom. The lowest BCUT2D eigenvalue weighted by Gasteiger charge is -2.43.